The number of aromatic nitrogens is 3. The summed E-state index contributed by atoms with van der Waals surface area (Å²) < 4.78 is 6.92. The monoisotopic (exact) mass is 501 g/mol. The van der Waals surface area contributed by atoms with Gasteiger partial charge in [-0.15, -0.1) is 0 Å². The highest BCUT2D eigenvalue weighted by molar-refractivity contribution is 6.30. The van der Waals surface area contributed by atoms with Gasteiger partial charge < -0.3 is 14.9 Å². The molecule has 1 unspecified atom stereocenters. The number of nitrogen functional groups attached to an aromatic ring is 1. The first-order valence-corrected chi connectivity index (χ1v) is 11.8. The molecule has 0 bridgehead atoms. The maximum absolute atomic E-state index is 11.9. The third-order valence-electron chi connectivity index (χ3n) is 5.94. The number of hydrogen-bond donors (Lipinski definition) is 1. The van der Waals surface area contributed by atoms with Crippen LogP contribution in [0.3, 0.4) is 0 Å². The van der Waals surface area contributed by atoms with Gasteiger partial charge in [-0.2, -0.15) is 0 Å². The van der Waals surface area contributed by atoms with Gasteiger partial charge in [0.15, 0.2) is 0 Å². The van der Waals surface area contributed by atoms with E-state index in [2.05, 4.69) is 35.2 Å². The molecule has 1 atom stereocenters. The molecule has 0 aliphatic rings. The van der Waals surface area contributed by atoms with Crippen LogP contribution >= 0.6 is 11.6 Å². The molecule has 8 heteroatoms. The molecule has 0 aliphatic heterocycles. The van der Waals surface area contributed by atoms with Gasteiger partial charge in [0.25, 0.3) is 0 Å². The topological polar surface area (TPSA) is 85.8 Å². The van der Waals surface area contributed by atoms with Crippen LogP contribution in [0.4, 0.5) is 10.6 Å². The molecule has 0 fully saturated rings. The smallest absolute Gasteiger partial charge is 0.417 e. The number of carbonyl (C=O) groups is 1. The van der Waals surface area contributed by atoms with Crippen LogP contribution in [0.5, 0.6) is 0 Å². The first kappa shape index (κ1) is 25.0. The molecule has 0 radical (unpaired) electrons. The number of imidazole rings is 1. The fourth-order valence-corrected chi connectivity index (χ4v) is 4.43. The minimum absolute atomic E-state index is 0.0623. The average molecular weight is 502 g/mol. The largest absolute Gasteiger partial charge is 0.452 e. The van der Waals surface area contributed by atoms with E-state index in [0.29, 0.717) is 17.3 Å². The molecule has 7 nitrogen and oxygen atoms in total. The van der Waals surface area contributed by atoms with Crippen molar-refractivity contribution < 1.29 is 9.53 Å². The minimum atomic E-state index is -0.508. The Balaban J connectivity index is 1.84. The Kier molecular flexibility index (Phi) is 7.41. The molecule has 4 aromatic rings. The van der Waals surface area contributed by atoms with E-state index < -0.39 is 6.09 Å². The quantitative estimate of drug-likeness (QED) is 0.318. The van der Waals surface area contributed by atoms with Gasteiger partial charge in [0, 0.05) is 47.7 Å². The van der Waals surface area contributed by atoms with Crippen molar-refractivity contribution >= 4 is 29.2 Å². The number of hydrogen-bond acceptors (Lipinski definition) is 5. The molecule has 36 heavy (non-hydrogen) atoms. The summed E-state index contributed by atoms with van der Waals surface area (Å²) in [5.74, 6) is 0.426. The SMILES string of the molecule is C=CN(C=CC(C)c1c(C)nc2c(-c3cccc(Cl)c3)cc(Cc3ccc(N)nc3)cn12)C(=O)OC. The Morgan fingerprint density at radius 1 is 1.28 bits per heavy atom. The van der Waals surface area contributed by atoms with Gasteiger partial charge in [-0.1, -0.05) is 49.4 Å². The summed E-state index contributed by atoms with van der Waals surface area (Å²) in [5.41, 5.74) is 12.6. The summed E-state index contributed by atoms with van der Waals surface area (Å²) in [4.78, 5) is 22.4. The highest BCUT2D eigenvalue weighted by Gasteiger charge is 2.19. The summed E-state index contributed by atoms with van der Waals surface area (Å²) in [5, 5.41) is 0.658. The summed E-state index contributed by atoms with van der Waals surface area (Å²) in [6, 6.07) is 13.7. The second-order valence-corrected chi connectivity index (χ2v) is 8.94. The molecule has 0 spiro atoms. The number of carbonyl (C=O) groups excluding carboxylic acids is 1. The number of allylic oxidation sites excluding steroid dienone is 1. The van der Waals surface area contributed by atoms with Gasteiger partial charge in [0.2, 0.25) is 0 Å². The van der Waals surface area contributed by atoms with Gasteiger partial charge in [-0.3, -0.25) is 4.90 Å². The summed E-state index contributed by atoms with van der Waals surface area (Å²) in [6.07, 6.45) is 9.04. The van der Waals surface area contributed by atoms with Gasteiger partial charge in [-0.25, -0.2) is 14.8 Å². The number of benzene rings is 1. The Morgan fingerprint density at radius 3 is 2.75 bits per heavy atom. The zero-order chi connectivity index (χ0) is 25.8. The molecule has 1 amide bonds. The molecule has 2 N–H and O–H groups in total. The van der Waals surface area contributed by atoms with Crippen LogP contribution in [0.2, 0.25) is 5.02 Å². The number of amides is 1. The average Bonchev–Trinajstić information content (AvgIpc) is 3.20. The number of anilines is 1. The lowest BCUT2D eigenvalue weighted by atomic mass is 10.0. The standard InChI is InChI=1S/C28H28ClN5O2/c1-5-33(28(35)36-4)12-11-18(2)26-19(3)32-27-24(22-7-6-8-23(29)15-22)14-21(17-34(26)27)13-20-9-10-25(30)31-16-20/h5-12,14-18H,1,13H2,2-4H3,(H2,30,31). The zero-order valence-electron chi connectivity index (χ0n) is 20.5. The zero-order valence-corrected chi connectivity index (χ0v) is 21.2. The number of halogens is 1. The Hall–Kier alpha value is -4.10. The molecule has 0 aliphatic carbocycles. The fraction of sp³-hybridized carbons (Fsp3) is 0.179. The molecule has 0 saturated carbocycles. The number of methoxy groups -OCH3 is 1. The predicted molar refractivity (Wildman–Crippen MR) is 144 cm³/mol. The number of rotatable bonds is 7. The Labute approximate surface area is 215 Å². The third kappa shape index (κ3) is 5.26. The van der Waals surface area contributed by atoms with Gasteiger partial charge >= 0.3 is 6.09 Å². The van der Waals surface area contributed by atoms with Crippen LogP contribution in [0.1, 0.15) is 35.4 Å². The van der Waals surface area contributed by atoms with E-state index in [1.807, 2.05) is 43.3 Å². The normalized spacial score (nSPS) is 12.1. The molecule has 3 aromatic heterocycles. The Morgan fingerprint density at radius 2 is 2.08 bits per heavy atom. The van der Waals surface area contributed by atoms with Crippen molar-refractivity contribution in [1.82, 2.24) is 19.3 Å². The lowest BCUT2D eigenvalue weighted by Gasteiger charge is -2.15. The van der Waals surface area contributed by atoms with Crippen LogP contribution in [0.15, 0.2) is 79.9 Å². The van der Waals surface area contributed by atoms with E-state index in [1.54, 1.807) is 18.5 Å². The van der Waals surface area contributed by atoms with Gasteiger partial charge in [-0.05, 0) is 47.9 Å². The number of aryl methyl sites for hydroxylation is 1. The van der Waals surface area contributed by atoms with Crippen molar-refractivity contribution in [3.05, 3.63) is 107 Å². The molecule has 4 rings (SSSR count). The highest BCUT2D eigenvalue weighted by atomic mass is 35.5. The lowest BCUT2D eigenvalue weighted by molar-refractivity contribution is 0.152. The molecule has 0 saturated heterocycles. The van der Waals surface area contributed by atoms with Gasteiger partial charge in [0.05, 0.1) is 18.5 Å². The van der Waals surface area contributed by atoms with Crippen molar-refractivity contribution in [1.29, 1.82) is 0 Å². The summed E-state index contributed by atoms with van der Waals surface area (Å²) >= 11 is 6.33. The highest BCUT2D eigenvalue weighted by Crippen LogP contribution is 2.32. The fourth-order valence-electron chi connectivity index (χ4n) is 4.24. The first-order chi connectivity index (χ1) is 17.3. The van der Waals surface area contributed by atoms with Crippen LogP contribution in [-0.4, -0.2) is 32.5 Å². The predicted octanol–water partition coefficient (Wildman–Crippen LogP) is 6.36. The van der Waals surface area contributed by atoms with Crippen molar-refractivity contribution in [2.45, 2.75) is 26.2 Å². The number of pyridine rings is 2. The van der Waals surface area contributed by atoms with Crippen LogP contribution in [0.25, 0.3) is 16.8 Å². The maximum Gasteiger partial charge on any atom is 0.417 e. The molecule has 184 valence electrons. The van der Waals surface area contributed by atoms with Crippen LogP contribution < -0.4 is 5.73 Å². The Bertz CT molecular complexity index is 1440. The van der Waals surface area contributed by atoms with Crippen molar-refractivity contribution in [3.63, 3.8) is 0 Å². The van der Waals surface area contributed by atoms with Crippen LogP contribution in [0, 0.1) is 6.92 Å². The number of nitrogens with two attached hydrogens (primary N) is 1. The lowest BCUT2D eigenvalue weighted by Crippen LogP contribution is -2.19. The van der Waals surface area contributed by atoms with E-state index in [1.165, 1.54) is 18.2 Å². The van der Waals surface area contributed by atoms with E-state index in [-0.39, 0.29) is 5.92 Å². The first-order valence-electron chi connectivity index (χ1n) is 11.5. The van der Waals surface area contributed by atoms with Gasteiger partial charge in [0.1, 0.15) is 11.5 Å². The van der Waals surface area contributed by atoms with E-state index >= 15 is 0 Å². The van der Waals surface area contributed by atoms with E-state index in [4.69, 9.17) is 27.1 Å². The number of fused-ring (bicyclic) bond motifs is 1. The van der Waals surface area contributed by atoms with Crippen molar-refractivity contribution in [2.24, 2.45) is 0 Å². The molecular weight excluding hydrogens is 474 g/mol. The van der Waals surface area contributed by atoms with Crippen LogP contribution in [-0.2, 0) is 11.2 Å². The second kappa shape index (κ2) is 10.7. The summed E-state index contributed by atoms with van der Waals surface area (Å²) in [7, 11) is 1.33. The molecular formula is C28H28ClN5O2. The minimum Gasteiger partial charge on any atom is -0.452 e. The maximum atomic E-state index is 11.9. The van der Waals surface area contributed by atoms with Crippen molar-refractivity contribution in [2.75, 3.05) is 12.8 Å². The molecule has 1 aromatic carbocycles. The molecule has 3 heterocycles. The summed E-state index contributed by atoms with van der Waals surface area (Å²) in [6.45, 7) is 7.73. The second-order valence-electron chi connectivity index (χ2n) is 8.51. The van der Waals surface area contributed by atoms with E-state index in [0.717, 1.165) is 39.3 Å². The third-order valence-corrected chi connectivity index (χ3v) is 6.17. The number of nitrogens with zero attached hydrogens (tertiary/aromatic N) is 4. The number of ether oxygens (including phenoxy) is 1. The van der Waals surface area contributed by atoms with E-state index in [9.17, 15) is 4.79 Å². The van der Waals surface area contributed by atoms with Crippen molar-refractivity contribution in [3.8, 4) is 11.1 Å².